The number of urea groups is 1. The number of carboxylic acid groups (broad SMARTS) is 1. The average molecular weight is 550 g/mol. The summed E-state index contributed by atoms with van der Waals surface area (Å²) in [6.07, 6.45) is 1.77. The molecule has 40 heavy (non-hydrogen) atoms. The van der Waals surface area contributed by atoms with Crippen LogP contribution in [0.2, 0.25) is 0 Å². The topological polar surface area (TPSA) is 144 Å². The Bertz CT molecular complexity index is 1250. The van der Waals surface area contributed by atoms with Gasteiger partial charge in [-0.1, -0.05) is 38.0 Å². The first-order chi connectivity index (χ1) is 19.4. The standard InChI is InChI=1S/C29H35N5O6/c1-2-3-7-23(28(37)34-12-10-33(11-13-34)18-21-6-4-5-20(14-21)17-30)31-29(38)32-24(16-27(35)36)22-8-9-25-26(15-22)40-19-39-25/h4-6,8-9,14-15,23-24H,2-3,7,10-13,16,18-19H2,1H3,(H,35,36)(H2,31,32,38)/t23-,24-/m0/s1. The van der Waals surface area contributed by atoms with Gasteiger partial charge in [0.2, 0.25) is 12.7 Å². The van der Waals surface area contributed by atoms with Crippen molar-refractivity contribution in [2.75, 3.05) is 33.0 Å². The number of unbranched alkanes of at least 4 members (excludes halogenated alkanes) is 1. The van der Waals surface area contributed by atoms with Crippen LogP contribution in [0, 0.1) is 11.3 Å². The molecule has 2 aromatic rings. The van der Waals surface area contributed by atoms with Gasteiger partial charge in [0.25, 0.3) is 0 Å². The number of nitrogens with zero attached hydrogens (tertiary/aromatic N) is 3. The molecule has 212 valence electrons. The molecule has 11 nitrogen and oxygen atoms in total. The Labute approximate surface area is 233 Å². The lowest BCUT2D eigenvalue weighted by molar-refractivity contribution is -0.138. The normalized spacial score (nSPS) is 16.1. The molecule has 0 unspecified atom stereocenters. The van der Waals surface area contributed by atoms with E-state index in [0.717, 1.165) is 18.4 Å². The van der Waals surface area contributed by atoms with Gasteiger partial charge in [0, 0.05) is 32.7 Å². The average Bonchev–Trinajstić information content (AvgIpc) is 3.43. The number of carbonyl (C=O) groups excluding carboxylic acids is 2. The van der Waals surface area contributed by atoms with E-state index in [1.165, 1.54) is 0 Å². The Morgan fingerprint density at radius 1 is 1.05 bits per heavy atom. The van der Waals surface area contributed by atoms with Crippen LogP contribution in [0.1, 0.15) is 55.3 Å². The van der Waals surface area contributed by atoms with Crippen molar-refractivity contribution in [2.45, 2.75) is 51.2 Å². The molecule has 0 saturated carbocycles. The molecule has 1 fully saturated rings. The van der Waals surface area contributed by atoms with Crippen molar-refractivity contribution in [3.63, 3.8) is 0 Å². The number of nitriles is 1. The van der Waals surface area contributed by atoms with Gasteiger partial charge in [-0.15, -0.1) is 0 Å². The van der Waals surface area contributed by atoms with Gasteiger partial charge in [0.1, 0.15) is 6.04 Å². The minimum absolute atomic E-state index is 0.0835. The number of aliphatic carboxylic acids is 1. The summed E-state index contributed by atoms with van der Waals surface area (Å²) < 4.78 is 10.7. The van der Waals surface area contributed by atoms with E-state index >= 15 is 0 Å². The van der Waals surface area contributed by atoms with Crippen LogP contribution >= 0.6 is 0 Å². The first kappa shape index (κ1) is 28.7. The minimum Gasteiger partial charge on any atom is -0.481 e. The Kier molecular flexibility index (Phi) is 9.81. The Morgan fingerprint density at radius 2 is 1.82 bits per heavy atom. The van der Waals surface area contributed by atoms with E-state index in [0.29, 0.717) is 61.8 Å². The number of amides is 3. The van der Waals surface area contributed by atoms with Crippen molar-refractivity contribution in [1.29, 1.82) is 5.26 Å². The van der Waals surface area contributed by atoms with E-state index in [-0.39, 0.29) is 19.1 Å². The van der Waals surface area contributed by atoms with Gasteiger partial charge < -0.3 is 30.1 Å². The highest BCUT2D eigenvalue weighted by molar-refractivity contribution is 5.87. The molecule has 11 heteroatoms. The van der Waals surface area contributed by atoms with Crippen LogP contribution in [0.4, 0.5) is 4.79 Å². The number of rotatable bonds is 11. The largest absolute Gasteiger partial charge is 0.481 e. The second-order valence-electron chi connectivity index (χ2n) is 9.99. The number of hydrogen-bond donors (Lipinski definition) is 3. The predicted molar refractivity (Wildman–Crippen MR) is 146 cm³/mol. The highest BCUT2D eigenvalue weighted by atomic mass is 16.7. The van der Waals surface area contributed by atoms with Crippen molar-refractivity contribution >= 4 is 17.9 Å². The summed E-state index contributed by atoms with van der Waals surface area (Å²) in [6, 6.07) is 12.6. The molecule has 0 spiro atoms. The molecule has 2 heterocycles. The smallest absolute Gasteiger partial charge is 0.315 e. The molecule has 0 bridgehead atoms. The summed E-state index contributed by atoms with van der Waals surface area (Å²) in [5, 5.41) is 24.1. The van der Waals surface area contributed by atoms with E-state index < -0.39 is 24.1 Å². The van der Waals surface area contributed by atoms with E-state index in [2.05, 4.69) is 21.6 Å². The van der Waals surface area contributed by atoms with Crippen LogP contribution in [0.5, 0.6) is 11.5 Å². The molecular formula is C29H35N5O6. The molecule has 1 saturated heterocycles. The fraction of sp³-hybridized carbons (Fsp3) is 0.448. The number of nitrogens with one attached hydrogen (secondary N) is 2. The zero-order valence-electron chi connectivity index (χ0n) is 22.6. The van der Waals surface area contributed by atoms with Crippen molar-refractivity contribution < 1.29 is 29.0 Å². The van der Waals surface area contributed by atoms with E-state index in [9.17, 15) is 19.5 Å². The Balaban J connectivity index is 1.35. The second-order valence-corrected chi connectivity index (χ2v) is 9.99. The van der Waals surface area contributed by atoms with Crippen LogP contribution in [0.15, 0.2) is 42.5 Å². The number of hydrogen-bond acceptors (Lipinski definition) is 7. The van der Waals surface area contributed by atoms with Gasteiger partial charge in [0.15, 0.2) is 11.5 Å². The third-order valence-electron chi connectivity index (χ3n) is 7.08. The highest BCUT2D eigenvalue weighted by Crippen LogP contribution is 2.34. The molecule has 4 rings (SSSR count). The maximum Gasteiger partial charge on any atom is 0.315 e. The van der Waals surface area contributed by atoms with Crippen molar-refractivity contribution in [2.24, 2.45) is 0 Å². The van der Waals surface area contributed by atoms with E-state index in [1.54, 1.807) is 29.2 Å². The zero-order valence-corrected chi connectivity index (χ0v) is 22.6. The van der Waals surface area contributed by atoms with Crippen molar-refractivity contribution in [3.05, 3.63) is 59.2 Å². The first-order valence-electron chi connectivity index (χ1n) is 13.5. The lowest BCUT2D eigenvalue weighted by atomic mass is 10.0. The third kappa shape index (κ3) is 7.64. The molecule has 3 N–H and O–H groups in total. The summed E-state index contributed by atoms with van der Waals surface area (Å²) in [6.45, 7) is 5.22. The molecule has 2 aliphatic rings. The third-order valence-corrected chi connectivity index (χ3v) is 7.08. The number of piperazine rings is 1. The SMILES string of the molecule is CCCC[C@H](NC(=O)N[C@@H](CC(=O)O)c1ccc2c(c1)OCO2)C(=O)N1CCN(Cc2cccc(C#N)c2)CC1. The fourth-order valence-electron chi connectivity index (χ4n) is 4.92. The minimum atomic E-state index is -1.07. The lowest BCUT2D eigenvalue weighted by Gasteiger charge is -2.36. The van der Waals surface area contributed by atoms with Crippen molar-refractivity contribution in [1.82, 2.24) is 20.4 Å². The summed E-state index contributed by atoms with van der Waals surface area (Å²) in [5.41, 5.74) is 2.24. The number of carboxylic acids is 1. The van der Waals surface area contributed by atoms with Crippen LogP contribution < -0.4 is 20.1 Å². The molecule has 0 radical (unpaired) electrons. The Morgan fingerprint density at radius 3 is 2.55 bits per heavy atom. The predicted octanol–water partition coefficient (Wildman–Crippen LogP) is 3.01. The zero-order chi connectivity index (χ0) is 28.5. The summed E-state index contributed by atoms with van der Waals surface area (Å²) in [7, 11) is 0. The maximum atomic E-state index is 13.5. The van der Waals surface area contributed by atoms with Gasteiger partial charge >= 0.3 is 12.0 Å². The summed E-state index contributed by atoms with van der Waals surface area (Å²) in [5.74, 6) is -0.169. The second kappa shape index (κ2) is 13.7. The molecule has 2 aromatic carbocycles. The van der Waals surface area contributed by atoms with Crippen LogP contribution in [0.25, 0.3) is 0 Å². The molecule has 2 aliphatic heterocycles. The molecule has 3 amide bonds. The van der Waals surface area contributed by atoms with Crippen LogP contribution in [-0.2, 0) is 16.1 Å². The molecule has 2 atom stereocenters. The van der Waals surface area contributed by atoms with E-state index in [4.69, 9.17) is 14.7 Å². The van der Waals surface area contributed by atoms with Crippen molar-refractivity contribution in [3.8, 4) is 17.6 Å². The lowest BCUT2D eigenvalue weighted by Crippen LogP contribution is -2.56. The number of ether oxygens (including phenoxy) is 2. The van der Waals surface area contributed by atoms with Crippen LogP contribution in [0.3, 0.4) is 0 Å². The fourth-order valence-corrected chi connectivity index (χ4v) is 4.92. The van der Waals surface area contributed by atoms with Gasteiger partial charge in [-0.2, -0.15) is 5.26 Å². The van der Waals surface area contributed by atoms with Crippen LogP contribution in [-0.4, -0.2) is 71.8 Å². The van der Waals surface area contributed by atoms with Gasteiger partial charge in [-0.25, -0.2) is 4.79 Å². The maximum absolute atomic E-state index is 13.5. The number of carbonyl (C=O) groups is 3. The number of benzene rings is 2. The quantitative estimate of drug-likeness (QED) is 0.388. The number of fused-ring (bicyclic) bond motifs is 1. The van der Waals surface area contributed by atoms with Gasteiger partial charge in [0.05, 0.1) is 24.1 Å². The highest BCUT2D eigenvalue weighted by Gasteiger charge is 2.30. The monoisotopic (exact) mass is 549 g/mol. The van der Waals surface area contributed by atoms with Gasteiger partial charge in [-0.3, -0.25) is 14.5 Å². The summed E-state index contributed by atoms with van der Waals surface area (Å²) >= 11 is 0. The molecule has 0 aliphatic carbocycles. The van der Waals surface area contributed by atoms with Gasteiger partial charge in [-0.05, 0) is 41.8 Å². The Hall–Kier alpha value is -4.30. The molecular weight excluding hydrogens is 514 g/mol. The van der Waals surface area contributed by atoms with E-state index in [1.807, 2.05) is 25.1 Å². The first-order valence-corrected chi connectivity index (χ1v) is 13.5. The molecule has 0 aromatic heterocycles. The summed E-state index contributed by atoms with van der Waals surface area (Å²) in [4.78, 5) is 42.0.